The fourth-order valence-electron chi connectivity index (χ4n) is 7.74. The minimum absolute atomic E-state index is 0.000880. The molecule has 0 bridgehead atoms. The monoisotopic (exact) mass is 2020 g/mol. The minimum Gasteiger partial charge on any atom is -0.494 e. The Bertz CT molecular complexity index is 4290. The Hall–Kier alpha value is -14.3. The van der Waals surface area contributed by atoms with Crippen LogP contribution in [-0.2, 0) is 110 Å². The maximum absolute atomic E-state index is 12.7. The summed E-state index contributed by atoms with van der Waals surface area (Å²) in [5, 5.41) is 42.1. The molecule has 5 rings (SSSR count). The Labute approximate surface area is 814 Å². The van der Waals surface area contributed by atoms with Crippen molar-refractivity contribution in [3.05, 3.63) is 258 Å². The quantitative estimate of drug-likeness (QED) is 0.00901. The molecule has 4 aromatic carbocycles. The molecule has 141 heavy (non-hydrogen) atoms. The lowest BCUT2D eigenvalue weighted by atomic mass is 10.1. The number of methoxy groups -OCH3 is 2. The number of hydrogen-bond acceptors (Lipinski definition) is 32. The Morgan fingerprint density at radius 1 is 0.369 bits per heavy atom. The summed E-state index contributed by atoms with van der Waals surface area (Å²) in [7, 11) is 3.09. The smallest absolute Gasteiger partial charge is 0.381 e. The molecule has 0 saturated carbocycles. The van der Waals surface area contributed by atoms with E-state index in [2.05, 4.69) is 106 Å². The van der Waals surface area contributed by atoms with E-state index in [0.717, 1.165) is 54.7 Å². The first-order valence-electron chi connectivity index (χ1n) is 42.2. The van der Waals surface area contributed by atoms with Crippen LogP contribution in [0.15, 0.2) is 247 Å². The van der Waals surface area contributed by atoms with Gasteiger partial charge in [-0.1, -0.05) is 109 Å². The van der Waals surface area contributed by atoms with Gasteiger partial charge in [0, 0.05) is 100 Å². The molecular formula is C98H129F8NO34. The highest BCUT2D eigenvalue weighted by Crippen LogP contribution is 2.48. The van der Waals surface area contributed by atoms with Crippen molar-refractivity contribution >= 4 is 77.4 Å². The first kappa shape index (κ1) is 137. The zero-order valence-electron chi connectivity index (χ0n) is 79.6. The number of carboxylic acid groups (broad SMARTS) is 2. The van der Waals surface area contributed by atoms with Crippen LogP contribution in [0.1, 0.15) is 92.9 Å². The average molecular weight is 2020 g/mol. The number of para-hydroxylation sites is 2. The molecule has 786 valence electrons. The lowest BCUT2D eigenvalue weighted by molar-refractivity contribution is -0.344. The third kappa shape index (κ3) is 79.4. The van der Waals surface area contributed by atoms with E-state index in [4.69, 9.17) is 68.2 Å². The number of morpholine rings is 1. The number of carboxylic acids is 2. The number of aliphatic hydroxyl groups is 3. The van der Waals surface area contributed by atoms with Gasteiger partial charge < -0.3 is 106 Å². The van der Waals surface area contributed by atoms with Gasteiger partial charge >= 0.3 is 89.9 Å². The number of unbranched alkanes of at least 4 members (excludes halogenated alkanes) is 3. The fraction of sp³-hybridized carbons (Fsp3) is 0.398. The minimum atomic E-state index is -6.38. The number of alkyl halides is 8. The zero-order valence-corrected chi connectivity index (χ0v) is 79.6. The molecule has 1 aliphatic rings. The lowest BCUT2D eigenvalue weighted by Gasteiger charge is -2.31. The number of carbonyl (C=O) groups excluding carboxylic acids is 11. The van der Waals surface area contributed by atoms with E-state index in [0.29, 0.717) is 172 Å². The molecule has 1 aliphatic heterocycles. The Kier molecular flexibility index (Phi) is 87.4. The van der Waals surface area contributed by atoms with Gasteiger partial charge in [-0.25, -0.2) is 61.5 Å². The molecule has 0 atom stereocenters. The van der Waals surface area contributed by atoms with Crippen LogP contribution in [0.4, 0.5) is 35.1 Å². The highest BCUT2D eigenvalue weighted by atomic mass is 19.4. The van der Waals surface area contributed by atoms with Crippen molar-refractivity contribution in [2.24, 2.45) is 0 Å². The van der Waals surface area contributed by atoms with Crippen LogP contribution in [0.5, 0.6) is 23.0 Å². The summed E-state index contributed by atoms with van der Waals surface area (Å²) in [6.45, 7) is 45.8. The average Bonchev–Trinajstić information content (AvgIpc) is 0.760. The number of aliphatic hydroxyl groups excluding tert-OH is 3. The van der Waals surface area contributed by atoms with Gasteiger partial charge in [0.25, 0.3) is 0 Å². The normalized spacial score (nSPS) is 10.4. The first-order valence-corrected chi connectivity index (χ1v) is 42.2. The molecule has 43 heteroatoms. The van der Waals surface area contributed by atoms with Gasteiger partial charge in [0.05, 0.1) is 77.2 Å². The number of amides is 1. The Morgan fingerprint density at radius 2 is 0.667 bits per heavy atom. The first-order chi connectivity index (χ1) is 66.8. The molecule has 0 unspecified atom stereocenters. The van der Waals surface area contributed by atoms with Crippen molar-refractivity contribution in [2.75, 3.05) is 159 Å². The van der Waals surface area contributed by atoms with Crippen molar-refractivity contribution in [3.8, 4) is 23.0 Å². The van der Waals surface area contributed by atoms with Crippen molar-refractivity contribution in [3.63, 3.8) is 0 Å². The van der Waals surface area contributed by atoms with Crippen molar-refractivity contribution in [1.29, 1.82) is 0 Å². The van der Waals surface area contributed by atoms with Gasteiger partial charge in [-0.15, -0.1) is 0 Å². The van der Waals surface area contributed by atoms with E-state index >= 15 is 0 Å². The number of ketones is 1. The highest BCUT2D eigenvalue weighted by Gasteiger charge is 2.75. The topological polar surface area (TPSA) is 474 Å². The molecule has 1 fully saturated rings. The number of ether oxygens (including phenoxy) is 16. The second-order valence-corrected chi connectivity index (χ2v) is 26.5. The predicted octanol–water partition coefficient (Wildman–Crippen LogP) is 13.7. The molecule has 5 N–H and O–H groups in total. The number of benzene rings is 4. The van der Waals surface area contributed by atoms with Crippen molar-refractivity contribution in [2.45, 2.75) is 96.3 Å². The van der Waals surface area contributed by atoms with Crippen molar-refractivity contribution < 1.29 is 199 Å². The predicted molar refractivity (Wildman–Crippen MR) is 502 cm³/mol. The summed E-state index contributed by atoms with van der Waals surface area (Å²) in [6.07, 6.45) is 8.68. The SMILES string of the molecule is C=C(C)C(=O)OCCCCOc1ccc(C(=O)O)cc1.C=C(C)C(=O)OCCOC.C=C(C)C(=O)OCCOc1ccccc1.C=CC(=O)CCCO.C=CC(=O)N1CCOCC1.C=CC(=O)OCC(F)(F)C(F)(F)C(F)(F)C(F)F.C=CC(=O)OCCCCO.C=CC(=O)OCCCCOc1ccc(C(=O)O)cc1.C=CC(=O)OCCO.C=CC(=O)OCCOC.C=CC(=O)OCCOc1ccccc1. The second kappa shape index (κ2) is 89.6. The summed E-state index contributed by atoms with van der Waals surface area (Å²) in [4.78, 5) is 139. The van der Waals surface area contributed by atoms with Crippen LogP contribution in [0.25, 0.3) is 0 Å². The second-order valence-electron chi connectivity index (χ2n) is 26.5. The zero-order chi connectivity index (χ0) is 108. The molecule has 1 heterocycles. The van der Waals surface area contributed by atoms with Crippen LogP contribution >= 0.6 is 0 Å². The molecule has 0 spiro atoms. The number of hydrogen-bond donors (Lipinski definition) is 5. The summed E-state index contributed by atoms with van der Waals surface area (Å²) < 4.78 is 175. The fourth-order valence-corrected chi connectivity index (χ4v) is 7.74. The van der Waals surface area contributed by atoms with E-state index < -0.39 is 78.6 Å². The van der Waals surface area contributed by atoms with E-state index in [9.17, 15) is 97.5 Å². The van der Waals surface area contributed by atoms with E-state index in [1.165, 1.54) is 36.4 Å². The Morgan fingerprint density at radius 3 is 0.986 bits per heavy atom. The third-order valence-corrected chi connectivity index (χ3v) is 15.0. The lowest BCUT2D eigenvalue weighted by Crippen LogP contribution is -2.59. The largest absolute Gasteiger partial charge is 0.494 e. The van der Waals surface area contributed by atoms with Crippen LogP contribution < -0.4 is 18.9 Å². The van der Waals surface area contributed by atoms with Gasteiger partial charge in [-0.05, 0) is 151 Å². The maximum atomic E-state index is 12.7. The highest BCUT2D eigenvalue weighted by molar-refractivity contribution is 5.90. The van der Waals surface area contributed by atoms with Crippen LogP contribution in [-0.4, -0.2) is 291 Å². The number of aromatic carboxylic acids is 2. The van der Waals surface area contributed by atoms with E-state index in [1.807, 2.05) is 60.7 Å². The van der Waals surface area contributed by atoms with Crippen LogP contribution in [0, 0.1) is 0 Å². The Balaban J connectivity index is -0.000000360. The van der Waals surface area contributed by atoms with Gasteiger partial charge in [-0.3, -0.25) is 9.59 Å². The number of esters is 9. The van der Waals surface area contributed by atoms with Crippen LogP contribution in [0.3, 0.4) is 0 Å². The van der Waals surface area contributed by atoms with Gasteiger partial charge in [0.2, 0.25) is 5.91 Å². The number of halogens is 8. The molecule has 1 amide bonds. The molecule has 0 aliphatic carbocycles. The number of nitrogens with zero attached hydrogens (tertiary/aromatic N) is 1. The summed E-state index contributed by atoms with van der Waals surface area (Å²) in [5.74, 6) is -22.3. The summed E-state index contributed by atoms with van der Waals surface area (Å²) in [5.41, 5.74) is 1.65. The van der Waals surface area contributed by atoms with Gasteiger partial charge in [0.1, 0.15) is 69.2 Å². The van der Waals surface area contributed by atoms with Gasteiger partial charge in [0.15, 0.2) is 12.4 Å². The number of carbonyl (C=O) groups is 13. The summed E-state index contributed by atoms with van der Waals surface area (Å²) >= 11 is 0. The standard InChI is InChI=1S/C15H18O5.C14H16O5.C12H14O3.C11H12O3.C8H6F8O2.C7H11NO2.2C7H12O3.C6H10O3.C6H10O2.C5H8O3/c1-11(2)15(18)20-10-4-3-9-19-13-7-5-12(6-8-13)14(16)17;1-2-13(15)19-10-4-3-9-18-12-7-5-11(6-8-12)14(16)17;1-10(2)12(13)15-9-8-14-11-6-4-3-5-7-11;1-2-11(12)14-9-8-13-10-6-4-3-5-7-10;1-2-4(17)18-3-6(11,12)8(15,16)7(13,14)5(9)10;1-2-7(9)8-3-5-10-6-4-8;1-6(2)7(8)10-5-4-9-3;1-2-7(9)10-6-4-3-5-8;1-3-6(7)9-5-4-8-2;1-2-6(8)4-3-5-7;1-2-5(7)8-4-3-6/h5-8H,1,3-4,9-10H2,2H3,(H,16,17);2,5-8H,1,3-4,9-10H2,(H,16,17);3-7H,1,8-9H2,2H3;2-7H,1,8-9H2;2,5H,1,3H2;2H,1,3-6H2;1,4-5H2,2-3H3;2,8H,1,3-6H2;3H,1,4-5H2,2H3;2,7H,1,3-5H2;2,6H,1,3-4H2. The molecule has 4 aromatic rings. The molecule has 35 nitrogen and oxygen atoms in total. The number of rotatable bonds is 53. The van der Waals surface area contributed by atoms with E-state index in [-0.39, 0.29) is 80.4 Å². The van der Waals surface area contributed by atoms with E-state index in [1.54, 1.807) is 64.2 Å². The third-order valence-electron chi connectivity index (χ3n) is 15.0. The molecular weight excluding hydrogens is 1890 g/mol. The number of allylic oxidation sites excluding steroid dienone is 1. The van der Waals surface area contributed by atoms with Crippen molar-refractivity contribution in [1.82, 2.24) is 4.90 Å². The molecule has 0 radical (unpaired) electrons. The summed E-state index contributed by atoms with van der Waals surface area (Å²) in [6, 6.07) is 31.1. The maximum Gasteiger partial charge on any atom is 0.381 e. The van der Waals surface area contributed by atoms with Gasteiger partial charge in [-0.2, -0.15) is 26.3 Å². The molecule has 1 saturated heterocycles. The van der Waals surface area contributed by atoms with Crippen LogP contribution in [0.2, 0.25) is 0 Å². The molecule has 0 aromatic heterocycles.